The third-order valence-corrected chi connectivity index (χ3v) is 3.52. The van der Waals surface area contributed by atoms with E-state index in [1.54, 1.807) is 0 Å². The highest BCUT2D eigenvalue weighted by Crippen LogP contribution is 2.27. The molecule has 0 saturated carbocycles. The van der Waals surface area contributed by atoms with Crippen LogP contribution in [0.25, 0.3) is 10.8 Å². The summed E-state index contributed by atoms with van der Waals surface area (Å²) in [5.74, 6) is 0. The van der Waals surface area contributed by atoms with Crippen molar-refractivity contribution in [3.8, 4) is 0 Å². The fraction of sp³-hybridized carbons (Fsp3) is 0.267. The van der Waals surface area contributed by atoms with E-state index in [2.05, 4.69) is 22.3 Å². The minimum absolute atomic E-state index is 0.815. The smallest absolute Gasteiger partial charge is 0.152 e. The van der Waals surface area contributed by atoms with Gasteiger partial charge in [-0.1, -0.05) is 30.3 Å². The van der Waals surface area contributed by atoms with Crippen molar-refractivity contribution in [3.05, 3.63) is 42.0 Å². The number of fused-ring (bicyclic) bond motifs is 1. The lowest BCUT2D eigenvalue weighted by atomic mass is 10.0. The van der Waals surface area contributed by atoms with Gasteiger partial charge in [-0.25, -0.2) is 0 Å². The Morgan fingerprint density at radius 1 is 1.06 bits per heavy atom. The molecule has 0 spiro atoms. The molecule has 3 heteroatoms. The number of hydrogen-bond donors (Lipinski definition) is 1. The van der Waals surface area contributed by atoms with Gasteiger partial charge in [0.15, 0.2) is 6.29 Å². The van der Waals surface area contributed by atoms with Crippen molar-refractivity contribution in [1.29, 1.82) is 0 Å². The minimum Gasteiger partial charge on any atom is -0.368 e. The summed E-state index contributed by atoms with van der Waals surface area (Å²) in [6.45, 7) is 3.87. The second-order valence-corrected chi connectivity index (χ2v) is 4.57. The Hall–Kier alpha value is -1.87. The van der Waals surface area contributed by atoms with E-state index in [0.717, 1.165) is 54.5 Å². The Kier molecular flexibility index (Phi) is 2.99. The van der Waals surface area contributed by atoms with Gasteiger partial charge in [0.1, 0.15) is 0 Å². The average Bonchev–Trinajstić information content (AvgIpc) is 2.47. The molecular weight excluding hydrogens is 224 g/mol. The Bertz CT molecular complexity index is 574. The predicted molar refractivity (Wildman–Crippen MR) is 74.4 cm³/mol. The third kappa shape index (κ3) is 1.87. The number of hydrogen-bond acceptors (Lipinski definition) is 3. The molecular formula is C15H16N2O. The van der Waals surface area contributed by atoms with Crippen LogP contribution < -0.4 is 10.2 Å². The van der Waals surface area contributed by atoms with Crippen LogP contribution in [0.5, 0.6) is 0 Å². The minimum atomic E-state index is 0.815. The number of rotatable bonds is 2. The van der Waals surface area contributed by atoms with Crippen LogP contribution in [0.1, 0.15) is 10.4 Å². The molecule has 2 aromatic rings. The Morgan fingerprint density at radius 2 is 1.83 bits per heavy atom. The molecule has 1 N–H and O–H groups in total. The van der Waals surface area contributed by atoms with Gasteiger partial charge >= 0.3 is 0 Å². The fourth-order valence-electron chi connectivity index (χ4n) is 2.59. The van der Waals surface area contributed by atoms with Crippen molar-refractivity contribution in [2.45, 2.75) is 0 Å². The van der Waals surface area contributed by atoms with Gasteiger partial charge in [0, 0.05) is 37.4 Å². The molecule has 1 heterocycles. The quantitative estimate of drug-likeness (QED) is 0.815. The van der Waals surface area contributed by atoms with Crippen molar-refractivity contribution < 1.29 is 4.79 Å². The zero-order valence-corrected chi connectivity index (χ0v) is 10.2. The van der Waals surface area contributed by atoms with Crippen molar-refractivity contribution in [2.24, 2.45) is 0 Å². The van der Waals surface area contributed by atoms with Crippen molar-refractivity contribution in [3.63, 3.8) is 0 Å². The first-order valence-electron chi connectivity index (χ1n) is 6.33. The van der Waals surface area contributed by atoms with Crippen LogP contribution in [0.2, 0.25) is 0 Å². The molecule has 0 aromatic heterocycles. The second kappa shape index (κ2) is 4.78. The van der Waals surface area contributed by atoms with Crippen LogP contribution >= 0.6 is 0 Å². The lowest BCUT2D eigenvalue weighted by Gasteiger charge is -2.30. The largest absolute Gasteiger partial charge is 0.368 e. The van der Waals surface area contributed by atoms with Crippen LogP contribution in [0.4, 0.5) is 5.69 Å². The zero-order valence-electron chi connectivity index (χ0n) is 10.2. The van der Waals surface area contributed by atoms with E-state index in [1.807, 2.05) is 24.3 Å². The van der Waals surface area contributed by atoms with Crippen LogP contribution in [0.15, 0.2) is 36.4 Å². The second-order valence-electron chi connectivity index (χ2n) is 4.57. The summed E-state index contributed by atoms with van der Waals surface area (Å²) in [6.07, 6.45) is 0.986. The summed E-state index contributed by atoms with van der Waals surface area (Å²) in [7, 11) is 0. The maximum absolute atomic E-state index is 11.4. The molecule has 1 aliphatic rings. The van der Waals surface area contributed by atoms with E-state index in [0.29, 0.717) is 0 Å². The Morgan fingerprint density at radius 3 is 2.61 bits per heavy atom. The van der Waals surface area contributed by atoms with E-state index in [9.17, 15) is 4.79 Å². The molecule has 3 rings (SSSR count). The summed E-state index contributed by atoms with van der Waals surface area (Å²) < 4.78 is 0. The van der Waals surface area contributed by atoms with E-state index >= 15 is 0 Å². The Labute approximate surface area is 106 Å². The summed E-state index contributed by atoms with van der Waals surface area (Å²) >= 11 is 0. The van der Waals surface area contributed by atoms with Crippen molar-refractivity contribution >= 4 is 22.7 Å². The van der Waals surface area contributed by atoms with E-state index in [4.69, 9.17) is 0 Å². The first-order chi connectivity index (χ1) is 8.90. The van der Waals surface area contributed by atoms with Crippen LogP contribution in [0, 0.1) is 0 Å². The lowest BCUT2D eigenvalue weighted by Crippen LogP contribution is -2.43. The molecule has 92 valence electrons. The van der Waals surface area contributed by atoms with E-state index in [-0.39, 0.29) is 0 Å². The van der Waals surface area contributed by atoms with Crippen molar-refractivity contribution in [1.82, 2.24) is 5.32 Å². The molecule has 0 unspecified atom stereocenters. The number of piperazine rings is 1. The summed E-state index contributed by atoms with van der Waals surface area (Å²) in [5.41, 5.74) is 1.88. The molecule has 1 fully saturated rings. The van der Waals surface area contributed by atoms with Gasteiger partial charge in [-0.2, -0.15) is 0 Å². The molecule has 3 nitrogen and oxygen atoms in total. The number of nitrogens with one attached hydrogen (secondary N) is 1. The molecule has 2 aromatic carbocycles. The van der Waals surface area contributed by atoms with Crippen LogP contribution in [0.3, 0.4) is 0 Å². The molecule has 0 amide bonds. The number of benzene rings is 2. The highest BCUT2D eigenvalue weighted by molar-refractivity contribution is 6.03. The normalized spacial score (nSPS) is 15.9. The first kappa shape index (κ1) is 11.2. The van der Waals surface area contributed by atoms with Gasteiger partial charge < -0.3 is 10.2 Å². The molecule has 0 atom stereocenters. The highest BCUT2D eigenvalue weighted by Gasteiger charge is 2.15. The number of anilines is 1. The molecule has 18 heavy (non-hydrogen) atoms. The van der Waals surface area contributed by atoms with Gasteiger partial charge in [0.2, 0.25) is 0 Å². The predicted octanol–water partition coefficient (Wildman–Crippen LogP) is 2.06. The topological polar surface area (TPSA) is 32.3 Å². The third-order valence-electron chi connectivity index (χ3n) is 3.52. The van der Waals surface area contributed by atoms with Gasteiger partial charge in [-0.15, -0.1) is 0 Å². The molecule has 1 aliphatic heterocycles. The number of carbonyl (C=O) groups excluding carboxylic acids is 1. The van der Waals surface area contributed by atoms with Gasteiger partial charge in [-0.3, -0.25) is 4.79 Å². The molecule has 1 saturated heterocycles. The lowest BCUT2D eigenvalue weighted by molar-refractivity contribution is 0.112. The fourth-order valence-corrected chi connectivity index (χ4v) is 2.59. The highest BCUT2D eigenvalue weighted by atomic mass is 16.1. The molecule has 0 aliphatic carbocycles. The van der Waals surface area contributed by atoms with Gasteiger partial charge in [-0.05, 0) is 16.8 Å². The molecule has 0 bridgehead atoms. The zero-order chi connectivity index (χ0) is 12.4. The van der Waals surface area contributed by atoms with E-state index in [1.165, 1.54) is 0 Å². The average molecular weight is 240 g/mol. The number of nitrogens with zero attached hydrogens (tertiary/aromatic N) is 1. The maximum atomic E-state index is 11.4. The summed E-state index contributed by atoms with van der Waals surface area (Å²) in [5, 5.41) is 5.50. The molecule has 0 radical (unpaired) electrons. The van der Waals surface area contributed by atoms with Crippen LogP contribution in [-0.4, -0.2) is 32.5 Å². The number of carbonyl (C=O) groups is 1. The monoisotopic (exact) mass is 240 g/mol. The maximum Gasteiger partial charge on any atom is 0.152 e. The summed E-state index contributed by atoms with van der Waals surface area (Å²) in [6, 6.07) is 12.2. The van der Waals surface area contributed by atoms with Crippen LogP contribution in [-0.2, 0) is 0 Å². The van der Waals surface area contributed by atoms with Gasteiger partial charge in [0.05, 0.1) is 0 Å². The SMILES string of the molecule is O=Cc1c(N2CCNCC2)ccc2ccccc12. The standard InChI is InChI=1S/C15H16N2O/c18-11-14-13-4-2-1-3-12(13)5-6-15(14)17-9-7-16-8-10-17/h1-6,11,16H,7-10H2. The van der Waals surface area contributed by atoms with E-state index < -0.39 is 0 Å². The Balaban J connectivity index is 2.13. The van der Waals surface area contributed by atoms with Gasteiger partial charge in [0.25, 0.3) is 0 Å². The van der Waals surface area contributed by atoms with Crippen molar-refractivity contribution in [2.75, 3.05) is 31.1 Å². The number of aldehydes is 1. The summed E-state index contributed by atoms with van der Waals surface area (Å²) in [4.78, 5) is 13.7. The first-order valence-corrected chi connectivity index (χ1v) is 6.33.